The Bertz CT molecular complexity index is 872. The van der Waals surface area contributed by atoms with Crippen molar-refractivity contribution in [2.24, 2.45) is 0 Å². The molecule has 0 N–H and O–H groups in total. The molecule has 1 aliphatic rings. The molecule has 0 atom stereocenters. The van der Waals surface area contributed by atoms with Crippen molar-refractivity contribution in [1.82, 2.24) is 15.0 Å². The van der Waals surface area contributed by atoms with Gasteiger partial charge in [-0.15, -0.1) is 0 Å². The van der Waals surface area contributed by atoms with Crippen LogP contribution in [0.2, 0.25) is 0 Å². The van der Waals surface area contributed by atoms with Gasteiger partial charge in [-0.1, -0.05) is 23.4 Å². The van der Waals surface area contributed by atoms with E-state index in [1.165, 1.54) is 23.5 Å². The van der Waals surface area contributed by atoms with Gasteiger partial charge in [-0.2, -0.15) is 29.5 Å². The van der Waals surface area contributed by atoms with Gasteiger partial charge < -0.3 is 4.52 Å². The summed E-state index contributed by atoms with van der Waals surface area (Å²) in [6, 6.07) is 7.87. The molecular weight excluding hydrogens is 363 g/mol. The number of rotatable bonds is 6. The maximum atomic E-state index is 13.2. The van der Waals surface area contributed by atoms with Crippen LogP contribution in [0.25, 0.3) is 11.4 Å². The quantitative estimate of drug-likeness (QED) is 0.606. The van der Waals surface area contributed by atoms with Crippen LogP contribution in [0.5, 0.6) is 0 Å². The molecule has 4 rings (SSSR count). The maximum Gasteiger partial charge on any atom is 0.416 e. The summed E-state index contributed by atoms with van der Waals surface area (Å²) in [5.41, 5.74) is 0.560. The molecule has 2 heterocycles. The van der Waals surface area contributed by atoms with E-state index in [2.05, 4.69) is 10.1 Å². The molecule has 1 fully saturated rings. The second-order valence-corrected chi connectivity index (χ2v) is 7.09. The lowest BCUT2D eigenvalue weighted by atomic mass is 10.1. The Kier molecular flexibility index (Phi) is 4.54. The zero-order valence-electron chi connectivity index (χ0n) is 13.7. The minimum absolute atomic E-state index is 0.205. The van der Waals surface area contributed by atoms with Gasteiger partial charge in [0.15, 0.2) is 0 Å². The summed E-state index contributed by atoms with van der Waals surface area (Å²) in [7, 11) is 0. The smallest absolute Gasteiger partial charge is 0.338 e. The minimum atomic E-state index is -4.36. The highest BCUT2D eigenvalue weighted by Gasteiger charge is 2.35. The number of aromatic nitrogens is 2. The molecule has 136 valence electrons. The first kappa shape index (κ1) is 17.2. The minimum Gasteiger partial charge on any atom is -0.338 e. The van der Waals surface area contributed by atoms with Gasteiger partial charge >= 0.3 is 6.18 Å². The monoisotopic (exact) mass is 379 g/mol. The average Bonchev–Trinajstić information content (AvgIpc) is 3.11. The molecule has 0 bridgehead atoms. The van der Waals surface area contributed by atoms with Gasteiger partial charge in [0.2, 0.25) is 11.7 Å². The standard InChI is InChI=1S/C18H16F3N3OS/c19-18(20,21)15-4-2-1-3-12(15)9-24(14-5-6-14)10-16-22-17(23-25-16)13-7-8-26-11-13/h1-4,7-8,11,14H,5-6,9-10H2. The van der Waals surface area contributed by atoms with Gasteiger partial charge in [0.05, 0.1) is 12.1 Å². The van der Waals surface area contributed by atoms with Crippen molar-refractivity contribution in [1.29, 1.82) is 0 Å². The van der Waals surface area contributed by atoms with E-state index >= 15 is 0 Å². The Labute approximate surface area is 152 Å². The summed E-state index contributed by atoms with van der Waals surface area (Å²) in [6.45, 7) is 0.546. The van der Waals surface area contributed by atoms with Crippen LogP contribution in [0.1, 0.15) is 29.9 Å². The van der Waals surface area contributed by atoms with Crippen LogP contribution < -0.4 is 0 Å². The summed E-state index contributed by atoms with van der Waals surface area (Å²) in [5, 5.41) is 7.82. The van der Waals surface area contributed by atoms with Gasteiger partial charge in [-0.3, -0.25) is 4.90 Å². The van der Waals surface area contributed by atoms with E-state index in [0.717, 1.165) is 24.5 Å². The van der Waals surface area contributed by atoms with Crippen LogP contribution in [-0.2, 0) is 19.3 Å². The molecule has 0 radical (unpaired) electrons. The predicted molar refractivity (Wildman–Crippen MR) is 91.3 cm³/mol. The van der Waals surface area contributed by atoms with Crippen molar-refractivity contribution in [3.63, 3.8) is 0 Å². The summed E-state index contributed by atoms with van der Waals surface area (Å²) in [6.07, 6.45) is -2.41. The van der Waals surface area contributed by atoms with Crippen molar-refractivity contribution in [2.45, 2.75) is 38.1 Å². The van der Waals surface area contributed by atoms with Crippen molar-refractivity contribution in [2.75, 3.05) is 0 Å². The molecule has 1 aliphatic carbocycles. The Balaban J connectivity index is 1.53. The topological polar surface area (TPSA) is 42.2 Å². The van der Waals surface area contributed by atoms with E-state index in [9.17, 15) is 13.2 Å². The SMILES string of the molecule is FC(F)(F)c1ccccc1CN(Cc1nc(-c2ccsc2)no1)C1CC1. The molecule has 26 heavy (non-hydrogen) atoms. The molecule has 3 aromatic rings. The zero-order valence-corrected chi connectivity index (χ0v) is 14.6. The third-order valence-electron chi connectivity index (χ3n) is 4.35. The van der Waals surface area contributed by atoms with Crippen molar-refractivity contribution < 1.29 is 17.7 Å². The van der Waals surface area contributed by atoms with E-state index in [1.54, 1.807) is 6.07 Å². The average molecular weight is 379 g/mol. The Morgan fingerprint density at radius 3 is 2.65 bits per heavy atom. The van der Waals surface area contributed by atoms with Crippen LogP contribution in [0.3, 0.4) is 0 Å². The number of nitrogens with zero attached hydrogens (tertiary/aromatic N) is 3. The highest BCUT2D eigenvalue weighted by molar-refractivity contribution is 7.08. The molecule has 4 nitrogen and oxygen atoms in total. The fourth-order valence-electron chi connectivity index (χ4n) is 2.91. The molecule has 1 aromatic carbocycles. The van der Waals surface area contributed by atoms with Crippen molar-refractivity contribution in [3.05, 3.63) is 58.1 Å². The molecule has 0 unspecified atom stereocenters. The summed E-state index contributed by atoms with van der Waals surface area (Å²) in [5.74, 6) is 0.926. The number of hydrogen-bond donors (Lipinski definition) is 0. The Morgan fingerprint density at radius 1 is 1.15 bits per heavy atom. The fourth-order valence-corrected chi connectivity index (χ4v) is 3.54. The lowest BCUT2D eigenvalue weighted by molar-refractivity contribution is -0.138. The van der Waals surface area contributed by atoms with Gasteiger partial charge in [0, 0.05) is 23.5 Å². The van der Waals surface area contributed by atoms with Crippen LogP contribution >= 0.6 is 11.3 Å². The highest BCUT2D eigenvalue weighted by Crippen LogP contribution is 2.35. The summed E-state index contributed by atoms with van der Waals surface area (Å²) >= 11 is 1.54. The first-order valence-corrected chi connectivity index (χ1v) is 9.19. The molecule has 0 aliphatic heterocycles. The highest BCUT2D eigenvalue weighted by atomic mass is 32.1. The molecule has 0 amide bonds. The van der Waals surface area contributed by atoms with Crippen LogP contribution in [-0.4, -0.2) is 21.1 Å². The molecule has 0 spiro atoms. The molecular formula is C18H16F3N3OS. The van der Waals surface area contributed by atoms with Gasteiger partial charge in [-0.05, 0) is 35.9 Å². The van der Waals surface area contributed by atoms with Crippen molar-refractivity contribution in [3.8, 4) is 11.4 Å². The molecule has 8 heteroatoms. The van der Waals surface area contributed by atoms with Crippen LogP contribution in [0, 0.1) is 0 Å². The first-order valence-electron chi connectivity index (χ1n) is 8.25. The number of thiophene rings is 1. The van der Waals surface area contributed by atoms with Crippen LogP contribution in [0.4, 0.5) is 13.2 Å². The largest absolute Gasteiger partial charge is 0.416 e. The zero-order chi connectivity index (χ0) is 18.1. The molecule has 0 saturated heterocycles. The first-order chi connectivity index (χ1) is 12.5. The molecule has 2 aromatic heterocycles. The van der Waals surface area contributed by atoms with E-state index in [0.29, 0.717) is 18.3 Å². The second kappa shape index (κ2) is 6.85. The molecule has 1 saturated carbocycles. The van der Waals surface area contributed by atoms with Gasteiger partial charge in [0.1, 0.15) is 0 Å². The fraction of sp³-hybridized carbons (Fsp3) is 0.333. The number of hydrogen-bond acceptors (Lipinski definition) is 5. The van der Waals surface area contributed by atoms with E-state index < -0.39 is 11.7 Å². The Morgan fingerprint density at radius 2 is 1.96 bits per heavy atom. The van der Waals surface area contributed by atoms with Crippen LogP contribution in [0.15, 0.2) is 45.6 Å². The maximum absolute atomic E-state index is 13.2. The lowest BCUT2D eigenvalue weighted by Gasteiger charge is -2.22. The van der Waals surface area contributed by atoms with Gasteiger partial charge in [0.25, 0.3) is 0 Å². The second-order valence-electron chi connectivity index (χ2n) is 6.31. The normalized spacial score (nSPS) is 14.9. The predicted octanol–water partition coefficient (Wildman–Crippen LogP) is 4.98. The third-order valence-corrected chi connectivity index (χ3v) is 5.03. The van der Waals surface area contributed by atoms with E-state index in [4.69, 9.17) is 4.52 Å². The number of benzene rings is 1. The summed E-state index contributed by atoms with van der Waals surface area (Å²) < 4.78 is 45.0. The third kappa shape index (κ3) is 3.81. The van der Waals surface area contributed by atoms with Crippen molar-refractivity contribution >= 4 is 11.3 Å². The Hall–Kier alpha value is -2.19. The number of halogens is 3. The van der Waals surface area contributed by atoms with E-state index in [-0.39, 0.29) is 18.2 Å². The number of alkyl halides is 3. The van der Waals surface area contributed by atoms with Gasteiger partial charge in [-0.25, -0.2) is 0 Å². The van der Waals surface area contributed by atoms with E-state index in [1.807, 2.05) is 21.7 Å². The summed E-state index contributed by atoms with van der Waals surface area (Å²) in [4.78, 5) is 6.36. The lowest BCUT2D eigenvalue weighted by Crippen LogP contribution is -2.26.